The van der Waals surface area contributed by atoms with E-state index in [-0.39, 0.29) is 53.9 Å². The molecule has 0 radical (unpaired) electrons. The third-order valence-corrected chi connectivity index (χ3v) is 3.44. The standard InChI is InChI=1S/C18H29FN4O2.HI/c1-18(2,3)22-16(24)12-23(5)17(20-4)21-11-15(25-6)13-7-9-14(19)10-8-13;/h7-10,15H,11-12H2,1-6H3,(H,20,21)(H,22,24);1H. The van der Waals surface area contributed by atoms with Crippen molar-refractivity contribution in [1.82, 2.24) is 15.5 Å². The molecule has 1 aromatic rings. The number of aliphatic imine (C=N–C) groups is 1. The van der Waals surface area contributed by atoms with Crippen LogP contribution in [0.4, 0.5) is 4.39 Å². The highest BCUT2D eigenvalue weighted by atomic mass is 127. The second-order valence-electron chi connectivity index (χ2n) is 6.86. The first-order valence-electron chi connectivity index (χ1n) is 8.17. The molecule has 0 aliphatic heterocycles. The number of rotatable bonds is 6. The van der Waals surface area contributed by atoms with Crippen LogP contribution in [0.2, 0.25) is 0 Å². The van der Waals surface area contributed by atoms with Gasteiger partial charge in [0, 0.05) is 33.3 Å². The van der Waals surface area contributed by atoms with Crippen LogP contribution >= 0.6 is 24.0 Å². The number of guanidine groups is 1. The van der Waals surface area contributed by atoms with Crippen LogP contribution in [-0.2, 0) is 9.53 Å². The fourth-order valence-corrected chi connectivity index (χ4v) is 2.33. The summed E-state index contributed by atoms with van der Waals surface area (Å²) in [5.41, 5.74) is 0.582. The van der Waals surface area contributed by atoms with Crippen molar-refractivity contribution in [2.24, 2.45) is 4.99 Å². The van der Waals surface area contributed by atoms with Gasteiger partial charge in [-0.2, -0.15) is 0 Å². The van der Waals surface area contributed by atoms with Crippen LogP contribution in [0.15, 0.2) is 29.3 Å². The first kappa shape index (κ1) is 24.6. The number of halogens is 2. The SMILES string of the molecule is CN=C(NCC(OC)c1ccc(F)cc1)N(C)CC(=O)NC(C)(C)C.I. The van der Waals surface area contributed by atoms with Crippen molar-refractivity contribution in [1.29, 1.82) is 0 Å². The maximum Gasteiger partial charge on any atom is 0.240 e. The van der Waals surface area contributed by atoms with E-state index in [1.807, 2.05) is 20.8 Å². The Hall–Kier alpha value is -1.42. The number of methoxy groups -OCH3 is 1. The summed E-state index contributed by atoms with van der Waals surface area (Å²) in [5.74, 6) is 0.208. The van der Waals surface area contributed by atoms with Gasteiger partial charge in [-0.05, 0) is 38.5 Å². The Labute approximate surface area is 172 Å². The molecule has 1 rings (SSSR count). The van der Waals surface area contributed by atoms with Gasteiger partial charge in [-0.3, -0.25) is 9.79 Å². The van der Waals surface area contributed by atoms with Gasteiger partial charge >= 0.3 is 0 Å². The molecule has 1 aromatic carbocycles. The van der Waals surface area contributed by atoms with Crippen molar-refractivity contribution in [3.63, 3.8) is 0 Å². The van der Waals surface area contributed by atoms with E-state index < -0.39 is 0 Å². The van der Waals surface area contributed by atoms with Crippen LogP contribution in [0.25, 0.3) is 0 Å². The van der Waals surface area contributed by atoms with E-state index >= 15 is 0 Å². The molecule has 1 unspecified atom stereocenters. The number of carbonyl (C=O) groups is 1. The van der Waals surface area contributed by atoms with Crippen LogP contribution in [0, 0.1) is 5.82 Å². The van der Waals surface area contributed by atoms with E-state index in [9.17, 15) is 9.18 Å². The first-order valence-corrected chi connectivity index (χ1v) is 8.17. The van der Waals surface area contributed by atoms with Crippen LogP contribution in [-0.4, -0.2) is 56.6 Å². The maximum atomic E-state index is 13.0. The lowest BCUT2D eigenvalue weighted by Crippen LogP contribution is -2.49. The highest BCUT2D eigenvalue weighted by Gasteiger charge is 2.18. The van der Waals surface area contributed by atoms with Crippen LogP contribution in [0.5, 0.6) is 0 Å². The van der Waals surface area contributed by atoms with Gasteiger partial charge in [-0.25, -0.2) is 4.39 Å². The first-order chi connectivity index (χ1) is 11.7. The number of amides is 1. The molecule has 1 atom stereocenters. The predicted molar refractivity (Wildman–Crippen MR) is 113 cm³/mol. The average Bonchev–Trinajstić information content (AvgIpc) is 2.51. The van der Waals surface area contributed by atoms with E-state index in [0.717, 1.165) is 5.56 Å². The highest BCUT2D eigenvalue weighted by molar-refractivity contribution is 14.0. The van der Waals surface area contributed by atoms with Gasteiger partial charge in [-0.1, -0.05) is 12.1 Å². The molecule has 0 aliphatic rings. The highest BCUT2D eigenvalue weighted by Crippen LogP contribution is 2.16. The lowest BCUT2D eigenvalue weighted by atomic mass is 10.1. The molecule has 0 saturated carbocycles. The minimum absolute atomic E-state index is 0. The monoisotopic (exact) mass is 480 g/mol. The van der Waals surface area contributed by atoms with E-state index in [1.54, 1.807) is 38.2 Å². The van der Waals surface area contributed by atoms with Gasteiger partial charge < -0.3 is 20.3 Å². The van der Waals surface area contributed by atoms with Crippen molar-refractivity contribution >= 4 is 35.8 Å². The molecule has 6 nitrogen and oxygen atoms in total. The topological polar surface area (TPSA) is 66.0 Å². The Bertz CT molecular complexity index is 588. The van der Waals surface area contributed by atoms with Crippen molar-refractivity contribution in [3.8, 4) is 0 Å². The quantitative estimate of drug-likeness (QED) is 0.373. The van der Waals surface area contributed by atoms with Crippen molar-refractivity contribution in [3.05, 3.63) is 35.6 Å². The number of nitrogens with zero attached hydrogens (tertiary/aromatic N) is 2. The predicted octanol–water partition coefficient (Wildman–Crippen LogP) is 2.55. The summed E-state index contributed by atoms with van der Waals surface area (Å²) in [5, 5.41) is 6.09. The molecule has 26 heavy (non-hydrogen) atoms. The number of likely N-dealkylation sites (N-methyl/N-ethyl adjacent to an activating group) is 1. The second-order valence-corrected chi connectivity index (χ2v) is 6.86. The van der Waals surface area contributed by atoms with Gasteiger partial charge in [0.05, 0.1) is 12.6 Å². The molecule has 0 spiro atoms. The van der Waals surface area contributed by atoms with E-state index in [2.05, 4.69) is 15.6 Å². The summed E-state index contributed by atoms with van der Waals surface area (Å²) >= 11 is 0. The lowest BCUT2D eigenvalue weighted by Gasteiger charge is -2.26. The summed E-state index contributed by atoms with van der Waals surface area (Å²) in [7, 11) is 5.04. The molecule has 1 amide bonds. The number of nitrogens with one attached hydrogen (secondary N) is 2. The summed E-state index contributed by atoms with van der Waals surface area (Å²) in [6.07, 6.45) is -0.255. The number of hydrogen-bond acceptors (Lipinski definition) is 3. The maximum absolute atomic E-state index is 13.0. The number of hydrogen-bond donors (Lipinski definition) is 2. The molecule has 0 fully saturated rings. The Balaban J connectivity index is 0.00000625. The van der Waals surface area contributed by atoms with E-state index in [0.29, 0.717) is 12.5 Å². The molecule has 2 N–H and O–H groups in total. The molecule has 0 bridgehead atoms. The van der Waals surface area contributed by atoms with Gasteiger partial charge in [0.25, 0.3) is 0 Å². The van der Waals surface area contributed by atoms with Crippen LogP contribution in [0.1, 0.15) is 32.4 Å². The second kappa shape index (κ2) is 11.3. The third-order valence-electron chi connectivity index (χ3n) is 3.44. The van der Waals surface area contributed by atoms with Gasteiger partial charge in [0.15, 0.2) is 5.96 Å². The fourth-order valence-electron chi connectivity index (χ4n) is 2.33. The zero-order chi connectivity index (χ0) is 19.0. The van der Waals surface area contributed by atoms with Gasteiger partial charge in [-0.15, -0.1) is 24.0 Å². The van der Waals surface area contributed by atoms with Crippen molar-refractivity contribution in [2.45, 2.75) is 32.4 Å². The van der Waals surface area contributed by atoms with Crippen LogP contribution < -0.4 is 10.6 Å². The average molecular weight is 480 g/mol. The number of benzene rings is 1. The zero-order valence-electron chi connectivity index (χ0n) is 16.3. The number of ether oxygens (including phenoxy) is 1. The molecular weight excluding hydrogens is 450 g/mol. The van der Waals surface area contributed by atoms with E-state index in [4.69, 9.17) is 4.74 Å². The molecule has 148 valence electrons. The smallest absolute Gasteiger partial charge is 0.240 e. The van der Waals surface area contributed by atoms with E-state index in [1.165, 1.54) is 12.1 Å². The Morgan fingerprint density at radius 3 is 2.35 bits per heavy atom. The summed E-state index contributed by atoms with van der Waals surface area (Å²) in [6, 6.07) is 6.18. The third kappa shape index (κ3) is 8.79. The fraction of sp³-hybridized carbons (Fsp3) is 0.556. The molecule has 0 saturated heterocycles. The minimum atomic E-state index is -0.285. The molecular formula is C18H30FIN4O2. The molecule has 0 aliphatic carbocycles. The Kier molecular flexibility index (Phi) is 10.7. The zero-order valence-corrected chi connectivity index (χ0v) is 18.6. The van der Waals surface area contributed by atoms with Gasteiger partial charge in [0.2, 0.25) is 5.91 Å². The molecule has 0 aromatic heterocycles. The lowest BCUT2D eigenvalue weighted by molar-refractivity contribution is -0.122. The summed E-state index contributed by atoms with van der Waals surface area (Å²) in [6.45, 7) is 6.43. The van der Waals surface area contributed by atoms with Gasteiger partial charge in [0.1, 0.15) is 5.82 Å². The normalized spacial score (nSPS) is 12.8. The summed E-state index contributed by atoms with van der Waals surface area (Å²) in [4.78, 5) is 18.0. The van der Waals surface area contributed by atoms with Crippen molar-refractivity contribution < 1.29 is 13.9 Å². The molecule has 0 heterocycles. The summed E-state index contributed by atoms with van der Waals surface area (Å²) < 4.78 is 18.5. The molecule has 8 heteroatoms. The van der Waals surface area contributed by atoms with Crippen molar-refractivity contribution in [2.75, 3.05) is 34.3 Å². The Morgan fingerprint density at radius 1 is 1.31 bits per heavy atom. The minimum Gasteiger partial charge on any atom is -0.375 e. The van der Waals surface area contributed by atoms with Crippen LogP contribution in [0.3, 0.4) is 0 Å². The number of carbonyl (C=O) groups excluding carboxylic acids is 1. The Morgan fingerprint density at radius 2 is 1.88 bits per heavy atom. The largest absolute Gasteiger partial charge is 0.375 e.